The SMILES string of the molecule is Cc1ccc(-n2nccn2)c(C(=O)N2CCN(c3ncc(C)c(Cl)n3)CC[C@H]2C)c1. The highest BCUT2D eigenvalue weighted by Gasteiger charge is 2.28. The van der Waals surface area contributed by atoms with Gasteiger partial charge in [-0.05, 0) is 39.3 Å². The summed E-state index contributed by atoms with van der Waals surface area (Å²) in [5.74, 6) is 0.576. The monoisotopic (exact) mass is 425 g/mol. The molecule has 1 saturated heterocycles. The first-order valence-corrected chi connectivity index (χ1v) is 10.3. The van der Waals surface area contributed by atoms with Gasteiger partial charge in [-0.2, -0.15) is 15.0 Å². The van der Waals surface area contributed by atoms with Crippen molar-refractivity contribution in [2.24, 2.45) is 0 Å². The Morgan fingerprint density at radius 2 is 1.90 bits per heavy atom. The van der Waals surface area contributed by atoms with Gasteiger partial charge in [0.05, 0.1) is 23.6 Å². The number of anilines is 1. The van der Waals surface area contributed by atoms with Crippen molar-refractivity contribution in [3.63, 3.8) is 0 Å². The van der Waals surface area contributed by atoms with E-state index in [9.17, 15) is 4.79 Å². The first-order valence-electron chi connectivity index (χ1n) is 9.96. The molecular formula is C21H24ClN7O. The highest BCUT2D eigenvalue weighted by atomic mass is 35.5. The van der Waals surface area contributed by atoms with Crippen LogP contribution in [0.25, 0.3) is 5.69 Å². The van der Waals surface area contributed by atoms with Gasteiger partial charge in [-0.25, -0.2) is 9.97 Å². The van der Waals surface area contributed by atoms with Crippen LogP contribution in [0.4, 0.5) is 5.95 Å². The van der Waals surface area contributed by atoms with Gasteiger partial charge in [0.1, 0.15) is 5.15 Å². The zero-order chi connectivity index (χ0) is 21.3. The van der Waals surface area contributed by atoms with Crippen molar-refractivity contribution < 1.29 is 4.79 Å². The quantitative estimate of drug-likeness (QED) is 0.600. The number of amides is 1. The molecule has 0 N–H and O–H groups in total. The number of hydrogen-bond acceptors (Lipinski definition) is 6. The zero-order valence-electron chi connectivity index (χ0n) is 17.3. The Hall–Kier alpha value is -3.00. The van der Waals surface area contributed by atoms with Gasteiger partial charge in [0.25, 0.3) is 5.91 Å². The molecule has 0 bridgehead atoms. The average Bonchev–Trinajstić information content (AvgIpc) is 3.19. The second kappa shape index (κ2) is 8.39. The van der Waals surface area contributed by atoms with Crippen molar-refractivity contribution in [2.45, 2.75) is 33.2 Å². The Kier molecular flexibility index (Phi) is 5.67. The normalized spacial score (nSPS) is 17.1. The molecule has 0 unspecified atom stereocenters. The Balaban J connectivity index is 1.59. The highest BCUT2D eigenvalue weighted by Crippen LogP contribution is 2.23. The molecule has 9 heteroatoms. The summed E-state index contributed by atoms with van der Waals surface area (Å²) in [4.78, 5) is 27.9. The zero-order valence-corrected chi connectivity index (χ0v) is 18.0. The van der Waals surface area contributed by atoms with Crippen LogP contribution in [0.1, 0.15) is 34.8 Å². The van der Waals surface area contributed by atoms with Gasteiger partial charge in [-0.1, -0.05) is 23.2 Å². The smallest absolute Gasteiger partial charge is 0.256 e. The predicted molar refractivity (Wildman–Crippen MR) is 115 cm³/mol. The van der Waals surface area contributed by atoms with Crippen molar-refractivity contribution in [3.8, 4) is 5.69 Å². The van der Waals surface area contributed by atoms with Crippen LogP contribution in [0.5, 0.6) is 0 Å². The standard InChI is InChI=1S/C21H24ClN7O/c1-14-4-5-18(29-24-7-8-25-29)17(12-14)20(30)28-11-10-27(9-6-16(28)3)21-23-13-15(2)19(22)26-21/h4-5,7-8,12-13,16H,6,9-11H2,1-3H3/t16-/m1/s1. The third-order valence-electron chi connectivity index (χ3n) is 5.42. The van der Waals surface area contributed by atoms with E-state index < -0.39 is 0 Å². The lowest BCUT2D eigenvalue weighted by molar-refractivity contribution is 0.0704. The second-order valence-corrected chi connectivity index (χ2v) is 7.96. The van der Waals surface area contributed by atoms with E-state index in [0.29, 0.717) is 35.4 Å². The van der Waals surface area contributed by atoms with Crippen molar-refractivity contribution in [3.05, 3.63) is 58.6 Å². The molecule has 30 heavy (non-hydrogen) atoms. The molecule has 1 fully saturated rings. The van der Waals surface area contributed by atoms with Crippen LogP contribution in [0.3, 0.4) is 0 Å². The third kappa shape index (κ3) is 4.00. The van der Waals surface area contributed by atoms with E-state index in [2.05, 4.69) is 32.0 Å². The molecule has 0 radical (unpaired) electrons. The Labute approximate surface area is 180 Å². The van der Waals surface area contributed by atoms with Crippen molar-refractivity contribution in [1.29, 1.82) is 0 Å². The number of aromatic nitrogens is 5. The molecule has 1 aliphatic rings. The number of rotatable bonds is 3. The van der Waals surface area contributed by atoms with Gasteiger partial charge in [-0.15, -0.1) is 0 Å². The molecule has 4 rings (SSSR count). The van der Waals surface area contributed by atoms with Crippen LogP contribution in [0.15, 0.2) is 36.8 Å². The minimum atomic E-state index is -0.0248. The van der Waals surface area contributed by atoms with Gasteiger partial charge >= 0.3 is 0 Å². The van der Waals surface area contributed by atoms with Crippen molar-refractivity contribution in [2.75, 3.05) is 24.5 Å². The van der Waals surface area contributed by atoms with Crippen LogP contribution in [-0.4, -0.2) is 61.4 Å². The minimum Gasteiger partial charge on any atom is -0.339 e. The number of hydrogen-bond donors (Lipinski definition) is 0. The van der Waals surface area contributed by atoms with Crippen LogP contribution in [0.2, 0.25) is 5.15 Å². The van der Waals surface area contributed by atoms with E-state index in [-0.39, 0.29) is 11.9 Å². The fourth-order valence-corrected chi connectivity index (χ4v) is 3.74. The van der Waals surface area contributed by atoms with Gasteiger partial charge < -0.3 is 9.80 Å². The van der Waals surface area contributed by atoms with E-state index in [0.717, 1.165) is 24.1 Å². The molecule has 2 aromatic heterocycles. The lowest BCUT2D eigenvalue weighted by Crippen LogP contribution is -2.40. The number of aryl methyl sites for hydroxylation is 2. The maximum Gasteiger partial charge on any atom is 0.256 e. The summed E-state index contributed by atoms with van der Waals surface area (Å²) >= 11 is 6.19. The molecule has 1 aliphatic heterocycles. The molecule has 1 aromatic carbocycles. The largest absolute Gasteiger partial charge is 0.339 e. The van der Waals surface area contributed by atoms with E-state index in [1.165, 1.54) is 4.80 Å². The molecule has 0 saturated carbocycles. The van der Waals surface area contributed by atoms with Gasteiger partial charge in [0, 0.05) is 37.4 Å². The summed E-state index contributed by atoms with van der Waals surface area (Å²) in [6.07, 6.45) is 5.75. The Morgan fingerprint density at radius 1 is 1.13 bits per heavy atom. The van der Waals surface area contributed by atoms with Gasteiger partial charge in [0.15, 0.2) is 0 Å². The molecule has 1 atom stereocenters. The van der Waals surface area contributed by atoms with Crippen LogP contribution >= 0.6 is 11.6 Å². The fraction of sp³-hybridized carbons (Fsp3) is 0.381. The maximum absolute atomic E-state index is 13.6. The lowest BCUT2D eigenvalue weighted by atomic mass is 10.1. The molecule has 1 amide bonds. The van der Waals surface area contributed by atoms with Crippen LogP contribution in [-0.2, 0) is 0 Å². The molecule has 3 heterocycles. The highest BCUT2D eigenvalue weighted by molar-refractivity contribution is 6.30. The fourth-order valence-electron chi connectivity index (χ4n) is 3.62. The van der Waals surface area contributed by atoms with E-state index in [1.807, 2.05) is 36.9 Å². The van der Waals surface area contributed by atoms with E-state index >= 15 is 0 Å². The number of carbonyl (C=O) groups is 1. The summed E-state index contributed by atoms with van der Waals surface area (Å²) in [6.45, 7) is 7.89. The first-order chi connectivity index (χ1) is 14.4. The summed E-state index contributed by atoms with van der Waals surface area (Å²) in [5, 5.41) is 8.87. The summed E-state index contributed by atoms with van der Waals surface area (Å²) in [6, 6.07) is 5.82. The third-order valence-corrected chi connectivity index (χ3v) is 5.80. The van der Waals surface area contributed by atoms with Gasteiger partial charge in [0.2, 0.25) is 5.95 Å². The Bertz CT molecular complexity index is 1050. The number of benzene rings is 1. The van der Waals surface area contributed by atoms with Crippen LogP contribution in [0, 0.1) is 13.8 Å². The summed E-state index contributed by atoms with van der Waals surface area (Å²) in [5.41, 5.74) is 3.14. The molecule has 156 valence electrons. The first kappa shape index (κ1) is 20.3. The molecule has 3 aromatic rings. The lowest BCUT2D eigenvalue weighted by Gasteiger charge is -2.27. The molecule has 8 nitrogen and oxygen atoms in total. The van der Waals surface area contributed by atoms with Crippen molar-refractivity contribution in [1.82, 2.24) is 29.9 Å². The summed E-state index contributed by atoms with van der Waals surface area (Å²) < 4.78 is 0. The van der Waals surface area contributed by atoms with E-state index in [4.69, 9.17) is 11.6 Å². The number of nitrogens with zero attached hydrogens (tertiary/aromatic N) is 7. The minimum absolute atomic E-state index is 0.0248. The predicted octanol–water partition coefficient (Wildman–Crippen LogP) is 3.07. The Morgan fingerprint density at radius 3 is 2.63 bits per heavy atom. The average molecular weight is 426 g/mol. The molecule has 0 aliphatic carbocycles. The van der Waals surface area contributed by atoms with Crippen LogP contribution < -0.4 is 4.90 Å². The number of carbonyl (C=O) groups excluding carboxylic acids is 1. The molecule has 0 spiro atoms. The summed E-state index contributed by atoms with van der Waals surface area (Å²) in [7, 11) is 0. The van der Waals surface area contributed by atoms with E-state index in [1.54, 1.807) is 18.6 Å². The second-order valence-electron chi connectivity index (χ2n) is 7.61. The maximum atomic E-state index is 13.6. The topological polar surface area (TPSA) is 80.0 Å². The molecular weight excluding hydrogens is 402 g/mol. The van der Waals surface area contributed by atoms with Gasteiger partial charge in [-0.3, -0.25) is 4.79 Å². The van der Waals surface area contributed by atoms with Crippen molar-refractivity contribution >= 4 is 23.5 Å². The number of halogens is 1.